The van der Waals surface area contributed by atoms with Crippen LogP contribution in [0.4, 0.5) is 10.2 Å². The first-order valence-corrected chi connectivity index (χ1v) is 4.82. The quantitative estimate of drug-likeness (QED) is 0.850. The molecule has 0 atom stereocenters. The van der Waals surface area contributed by atoms with E-state index in [1.165, 1.54) is 12.5 Å². The molecule has 88 valence electrons. The van der Waals surface area contributed by atoms with Crippen LogP contribution in [0.2, 0.25) is 0 Å². The normalized spacial score (nSPS) is 10.2. The maximum Gasteiger partial charge on any atom is 0.338 e. The van der Waals surface area contributed by atoms with Crippen LogP contribution in [0.15, 0.2) is 35.1 Å². The third kappa shape index (κ3) is 2.41. The molecule has 2 heterocycles. The van der Waals surface area contributed by atoms with Gasteiger partial charge in [-0.15, -0.1) is 0 Å². The second-order valence-electron chi connectivity index (χ2n) is 3.26. The summed E-state index contributed by atoms with van der Waals surface area (Å²) in [6.45, 7) is 0.236. The molecule has 0 radical (unpaired) electrons. The summed E-state index contributed by atoms with van der Waals surface area (Å²) in [5, 5.41) is 11.4. The minimum atomic E-state index is -1.33. The average molecular weight is 236 g/mol. The first-order valence-electron chi connectivity index (χ1n) is 4.82. The van der Waals surface area contributed by atoms with Gasteiger partial charge in [0.15, 0.2) is 11.6 Å². The Balaban J connectivity index is 2.16. The Morgan fingerprint density at radius 1 is 1.53 bits per heavy atom. The Labute approximate surface area is 95.9 Å². The van der Waals surface area contributed by atoms with E-state index >= 15 is 0 Å². The number of nitrogens with one attached hydrogen (secondary N) is 1. The van der Waals surface area contributed by atoms with Gasteiger partial charge in [-0.1, -0.05) is 0 Å². The predicted octanol–water partition coefficient (Wildman–Crippen LogP) is 2.12. The fourth-order valence-corrected chi connectivity index (χ4v) is 1.32. The molecule has 0 aliphatic carbocycles. The van der Waals surface area contributed by atoms with E-state index in [0.29, 0.717) is 5.76 Å². The highest BCUT2D eigenvalue weighted by atomic mass is 19.1. The predicted molar refractivity (Wildman–Crippen MR) is 57.2 cm³/mol. The number of nitrogens with zero attached hydrogens (tertiary/aromatic N) is 1. The topological polar surface area (TPSA) is 75.4 Å². The first kappa shape index (κ1) is 11.1. The number of carboxylic acid groups (broad SMARTS) is 1. The van der Waals surface area contributed by atoms with Gasteiger partial charge in [-0.05, 0) is 18.2 Å². The lowest BCUT2D eigenvalue weighted by Gasteiger charge is -2.06. The molecular weight excluding hydrogens is 227 g/mol. The van der Waals surface area contributed by atoms with E-state index < -0.39 is 17.3 Å². The highest BCUT2D eigenvalue weighted by Crippen LogP contribution is 2.16. The van der Waals surface area contributed by atoms with Gasteiger partial charge in [-0.25, -0.2) is 14.2 Å². The van der Waals surface area contributed by atoms with Crippen molar-refractivity contribution in [1.29, 1.82) is 0 Å². The van der Waals surface area contributed by atoms with Crippen molar-refractivity contribution in [3.05, 3.63) is 47.8 Å². The molecule has 2 aromatic heterocycles. The lowest BCUT2D eigenvalue weighted by molar-refractivity contribution is 0.0692. The number of furan rings is 1. The average Bonchev–Trinajstić information content (AvgIpc) is 2.80. The standard InChI is InChI=1S/C11H9FN2O3/c12-9-8(11(15)16)3-4-13-10(9)14-6-7-2-1-5-17-7/h1-5H,6H2,(H,13,14)(H,15,16). The molecular formula is C11H9FN2O3. The zero-order valence-electron chi connectivity index (χ0n) is 8.68. The monoisotopic (exact) mass is 236 g/mol. The Morgan fingerprint density at radius 2 is 2.35 bits per heavy atom. The van der Waals surface area contributed by atoms with E-state index in [-0.39, 0.29) is 12.4 Å². The summed E-state index contributed by atoms with van der Waals surface area (Å²) in [6.07, 6.45) is 2.73. The molecule has 0 bridgehead atoms. The summed E-state index contributed by atoms with van der Waals surface area (Å²) in [4.78, 5) is 14.4. The van der Waals surface area contributed by atoms with Crippen molar-refractivity contribution in [2.45, 2.75) is 6.54 Å². The number of pyridine rings is 1. The van der Waals surface area contributed by atoms with Crippen LogP contribution in [0.5, 0.6) is 0 Å². The Morgan fingerprint density at radius 3 is 3.00 bits per heavy atom. The van der Waals surface area contributed by atoms with Gasteiger partial charge < -0.3 is 14.8 Å². The van der Waals surface area contributed by atoms with Crippen molar-refractivity contribution < 1.29 is 18.7 Å². The highest BCUT2D eigenvalue weighted by Gasteiger charge is 2.14. The molecule has 6 heteroatoms. The number of rotatable bonds is 4. The number of carboxylic acids is 1. The Hall–Kier alpha value is -2.37. The molecule has 0 spiro atoms. The minimum absolute atomic E-state index is 0.110. The number of aromatic carboxylic acids is 1. The summed E-state index contributed by atoms with van der Waals surface area (Å²) in [5.41, 5.74) is -0.415. The molecule has 17 heavy (non-hydrogen) atoms. The molecule has 0 unspecified atom stereocenters. The van der Waals surface area contributed by atoms with Crippen molar-refractivity contribution >= 4 is 11.8 Å². The molecule has 2 N–H and O–H groups in total. The minimum Gasteiger partial charge on any atom is -0.478 e. The van der Waals surface area contributed by atoms with E-state index in [2.05, 4.69) is 10.3 Å². The van der Waals surface area contributed by atoms with Gasteiger partial charge in [0.25, 0.3) is 0 Å². The third-order valence-electron chi connectivity index (χ3n) is 2.13. The van der Waals surface area contributed by atoms with Crippen LogP contribution in [0.3, 0.4) is 0 Å². The van der Waals surface area contributed by atoms with Crippen LogP contribution in [-0.4, -0.2) is 16.1 Å². The van der Waals surface area contributed by atoms with Gasteiger partial charge in [0, 0.05) is 6.20 Å². The molecule has 0 saturated heterocycles. The third-order valence-corrected chi connectivity index (χ3v) is 2.13. The fourth-order valence-electron chi connectivity index (χ4n) is 1.32. The molecule has 0 aromatic carbocycles. The number of aromatic nitrogens is 1. The highest BCUT2D eigenvalue weighted by molar-refractivity contribution is 5.88. The van der Waals surface area contributed by atoms with Crippen LogP contribution in [0.1, 0.15) is 16.1 Å². The molecule has 2 rings (SSSR count). The van der Waals surface area contributed by atoms with Crippen LogP contribution in [-0.2, 0) is 6.54 Å². The van der Waals surface area contributed by atoms with Crippen molar-refractivity contribution in [2.24, 2.45) is 0 Å². The van der Waals surface area contributed by atoms with E-state index in [0.717, 1.165) is 6.07 Å². The van der Waals surface area contributed by atoms with Gasteiger partial charge in [-0.3, -0.25) is 0 Å². The zero-order valence-corrected chi connectivity index (χ0v) is 8.68. The largest absolute Gasteiger partial charge is 0.478 e. The summed E-state index contributed by atoms with van der Waals surface area (Å²) in [5.74, 6) is -1.72. The molecule has 2 aromatic rings. The van der Waals surface area contributed by atoms with Crippen LogP contribution < -0.4 is 5.32 Å². The number of hydrogen-bond acceptors (Lipinski definition) is 4. The van der Waals surface area contributed by atoms with Crippen molar-refractivity contribution in [3.8, 4) is 0 Å². The van der Waals surface area contributed by atoms with Crippen LogP contribution >= 0.6 is 0 Å². The second-order valence-corrected chi connectivity index (χ2v) is 3.26. The lowest BCUT2D eigenvalue weighted by Crippen LogP contribution is -2.08. The summed E-state index contributed by atoms with van der Waals surface area (Å²) in [7, 11) is 0. The summed E-state index contributed by atoms with van der Waals surface area (Å²) >= 11 is 0. The fraction of sp³-hybridized carbons (Fsp3) is 0.0909. The van der Waals surface area contributed by atoms with E-state index in [4.69, 9.17) is 9.52 Å². The molecule has 0 aliphatic heterocycles. The van der Waals surface area contributed by atoms with Gasteiger partial charge in [-0.2, -0.15) is 0 Å². The van der Waals surface area contributed by atoms with Gasteiger partial charge in [0.2, 0.25) is 0 Å². The number of carbonyl (C=O) groups is 1. The smallest absolute Gasteiger partial charge is 0.338 e. The number of anilines is 1. The van der Waals surface area contributed by atoms with E-state index in [1.807, 2.05) is 0 Å². The van der Waals surface area contributed by atoms with Crippen molar-refractivity contribution in [3.63, 3.8) is 0 Å². The lowest BCUT2D eigenvalue weighted by atomic mass is 10.2. The van der Waals surface area contributed by atoms with E-state index in [1.54, 1.807) is 12.1 Å². The van der Waals surface area contributed by atoms with Gasteiger partial charge >= 0.3 is 5.97 Å². The maximum absolute atomic E-state index is 13.6. The maximum atomic E-state index is 13.6. The first-order chi connectivity index (χ1) is 8.18. The number of halogens is 1. The van der Waals surface area contributed by atoms with Gasteiger partial charge in [0.05, 0.1) is 12.8 Å². The van der Waals surface area contributed by atoms with Gasteiger partial charge in [0.1, 0.15) is 11.3 Å². The Kier molecular flexibility index (Phi) is 3.04. The molecule has 0 fully saturated rings. The van der Waals surface area contributed by atoms with E-state index in [9.17, 15) is 9.18 Å². The SMILES string of the molecule is O=C(O)c1ccnc(NCc2ccco2)c1F. The molecule has 0 aliphatic rings. The Bertz CT molecular complexity index is 526. The summed E-state index contributed by atoms with van der Waals surface area (Å²) < 4.78 is 18.7. The zero-order chi connectivity index (χ0) is 12.3. The molecule has 0 saturated carbocycles. The number of hydrogen-bond donors (Lipinski definition) is 2. The van der Waals surface area contributed by atoms with Crippen LogP contribution in [0, 0.1) is 5.82 Å². The van der Waals surface area contributed by atoms with Crippen molar-refractivity contribution in [2.75, 3.05) is 5.32 Å². The summed E-state index contributed by atoms with van der Waals surface area (Å²) in [6, 6.07) is 4.52. The molecule has 0 amide bonds. The van der Waals surface area contributed by atoms with Crippen LogP contribution in [0.25, 0.3) is 0 Å². The second kappa shape index (κ2) is 4.65. The van der Waals surface area contributed by atoms with Crippen molar-refractivity contribution in [1.82, 2.24) is 4.98 Å². The molecule has 5 nitrogen and oxygen atoms in total.